The van der Waals surface area contributed by atoms with Crippen LogP contribution in [-0.4, -0.2) is 23.5 Å². The summed E-state index contributed by atoms with van der Waals surface area (Å²) < 4.78 is 7.23. The molecule has 2 rings (SSSR count). The minimum absolute atomic E-state index is 0.0243. The van der Waals surface area contributed by atoms with E-state index in [-0.39, 0.29) is 11.0 Å². The summed E-state index contributed by atoms with van der Waals surface area (Å²) >= 11 is 10.5. The van der Waals surface area contributed by atoms with E-state index in [2.05, 4.69) is 61.6 Å². The Bertz CT molecular complexity index is 879. The molecule has 0 heterocycles. The van der Waals surface area contributed by atoms with Crippen molar-refractivity contribution in [3.05, 3.63) is 61.6 Å². The summed E-state index contributed by atoms with van der Waals surface area (Å²) in [5.74, 6) is -0.318. The summed E-state index contributed by atoms with van der Waals surface area (Å²) in [7, 11) is 0. The molecular weight excluding hydrogens is 557 g/mol. The molecule has 9 heteroatoms. The zero-order chi connectivity index (χ0) is 20.5. The van der Waals surface area contributed by atoms with Crippen LogP contribution in [0.15, 0.2) is 46.9 Å². The maximum Gasteiger partial charge on any atom is 0.270 e. The maximum atomic E-state index is 12.6. The predicted octanol–water partition coefficient (Wildman–Crippen LogP) is 4.18. The Morgan fingerprint density at radius 2 is 1.86 bits per heavy atom. The fraction of sp³-hybridized carbons (Fsp3) is 0.211. The molecule has 0 aliphatic rings. The highest BCUT2D eigenvalue weighted by molar-refractivity contribution is 14.1. The largest absolute Gasteiger partial charge is 0.493 e. The van der Waals surface area contributed by atoms with E-state index in [1.165, 1.54) is 0 Å². The van der Waals surface area contributed by atoms with Crippen LogP contribution in [0.25, 0.3) is 0 Å². The molecule has 0 aliphatic heterocycles. The molecule has 6 nitrogen and oxygen atoms in total. The van der Waals surface area contributed by atoms with Gasteiger partial charge in [0.1, 0.15) is 5.75 Å². The standard InChI is InChI=1S/C19H19BrIN3O3S/c1-2-3-10-27-16-9-8-12(20)11-14(16)17(25)22-19(28)24-23-18(26)13-6-4-5-7-15(13)21/h4-9,11H,2-3,10H2,1H3,(H,23,26)(H2,22,24,25,28). The summed E-state index contributed by atoms with van der Waals surface area (Å²) in [6, 6.07) is 12.3. The Labute approximate surface area is 191 Å². The molecule has 2 amide bonds. The van der Waals surface area contributed by atoms with Gasteiger partial charge in [0.15, 0.2) is 5.11 Å². The van der Waals surface area contributed by atoms with Gasteiger partial charge in [-0.3, -0.25) is 25.8 Å². The predicted molar refractivity (Wildman–Crippen MR) is 124 cm³/mol. The summed E-state index contributed by atoms with van der Waals surface area (Å²) in [6.07, 6.45) is 1.88. The van der Waals surface area contributed by atoms with Crippen LogP contribution in [0.3, 0.4) is 0 Å². The quantitative estimate of drug-likeness (QED) is 0.208. The molecule has 0 bridgehead atoms. The van der Waals surface area contributed by atoms with E-state index in [4.69, 9.17) is 17.0 Å². The zero-order valence-electron chi connectivity index (χ0n) is 15.1. The normalized spacial score (nSPS) is 10.1. The lowest BCUT2D eigenvalue weighted by molar-refractivity contribution is 0.0933. The highest BCUT2D eigenvalue weighted by atomic mass is 127. The van der Waals surface area contributed by atoms with Gasteiger partial charge in [0.2, 0.25) is 0 Å². The molecule has 0 saturated heterocycles. The molecule has 148 valence electrons. The van der Waals surface area contributed by atoms with Gasteiger partial charge in [-0.2, -0.15) is 0 Å². The van der Waals surface area contributed by atoms with Crippen molar-refractivity contribution in [2.45, 2.75) is 19.8 Å². The monoisotopic (exact) mass is 575 g/mol. The number of hydrogen-bond donors (Lipinski definition) is 3. The van der Waals surface area contributed by atoms with E-state index in [1.807, 2.05) is 12.1 Å². The first-order valence-corrected chi connectivity index (χ1v) is 10.8. The summed E-state index contributed by atoms with van der Waals surface area (Å²) in [5.41, 5.74) is 5.86. The summed E-state index contributed by atoms with van der Waals surface area (Å²) in [4.78, 5) is 24.8. The van der Waals surface area contributed by atoms with Gasteiger partial charge in [0.05, 0.1) is 17.7 Å². The van der Waals surface area contributed by atoms with Gasteiger partial charge in [0, 0.05) is 8.04 Å². The lowest BCUT2D eigenvalue weighted by Gasteiger charge is -2.14. The van der Waals surface area contributed by atoms with E-state index in [0.29, 0.717) is 23.5 Å². The lowest BCUT2D eigenvalue weighted by Crippen LogP contribution is -2.48. The Balaban J connectivity index is 1.96. The van der Waals surface area contributed by atoms with Crippen LogP contribution in [0.2, 0.25) is 0 Å². The first kappa shape index (κ1) is 22.6. The van der Waals surface area contributed by atoms with Crippen molar-refractivity contribution in [3.63, 3.8) is 0 Å². The van der Waals surface area contributed by atoms with Crippen LogP contribution in [0.5, 0.6) is 5.75 Å². The molecule has 0 aromatic heterocycles. The van der Waals surface area contributed by atoms with E-state index in [1.54, 1.807) is 30.3 Å². The van der Waals surface area contributed by atoms with E-state index in [9.17, 15) is 9.59 Å². The van der Waals surface area contributed by atoms with Gasteiger partial charge < -0.3 is 4.74 Å². The molecule has 0 aliphatic carbocycles. The van der Waals surface area contributed by atoms with Crippen LogP contribution >= 0.6 is 50.7 Å². The minimum atomic E-state index is -0.436. The topological polar surface area (TPSA) is 79.5 Å². The zero-order valence-corrected chi connectivity index (χ0v) is 19.6. The number of hydrazine groups is 1. The summed E-state index contributed by atoms with van der Waals surface area (Å²) in [5, 5.41) is 2.52. The van der Waals surface area contributed by atoms with E-state index >= 15 is 0 Å². The number of carbonyl (C=O) groups excluding carboxylic acids is 2. The number of amides is 2. The SMILES string of the molecule is CCCCOc1ccc(Br)cc1C(=O)NC(=S)NNC(=O)c1ccccc1I. The number of unbranched alkanes of at least 4 members (excludes halogenated alkanes) is 1. The summed E-state index contributed by atoms with van der Waals surface area (Å²) in [6.45, 7) is 2.58. The second kappa shape index (κ2) is 11.3. The van der Waals surface area contributed by atoms with Crippen molar-refractivity contribution in [2.24, 2.45) is 0 Å². The van der Waals surface area contributed by atoms with Gasteiger partial charge in [-0.15, -0.1) is 0 Å². The Hall–Kier alpha value is -1.72. The van der Waals surface area contributed by atoms with Gasteiger partial charge in [-0.1, -0.05) is 41.4 Å². The molecule has 2 aromatic carbocycles. The highest BCUT2D eigenvalue weighted by Gasteiger charge is 2.15. The molecule has 0 saturated carbocycles. The average molecular weight is 576 g/mol. The molecule has 0 unspecified atom stereocenters. The van der Waals surface area contributed by atoms with Crippen LogP contribution < -0.4 is 20.9 Å². The van der Waals surface area contributed by atoms with Gasteiger partial charge in [-0.05, 0) is 71.6 Å². The molecule has 2 aromatic rings. The smallest absolute Gasteiger partial charge is 0.270 e. The fourth-order valence-electron chi connectivity index (χ4n) is 2.16. The third-order valence-electron chi connectivity index (χ3n) is 3.58. The number of carbonyl (C=O) groups is 2. The molecule has 0 fully saturated rings. The average Bonchev–Trinajstić information content (AvgIpc) is 2.67. The first-order chi connectivity index (χ1) is 13.4. The highest BCUT2D eigenvalue weighted by Crippen LogP contribution is 2.23. The van der Waals surface area contributed by atoms with Crippen molar-refractivity contribution in [3.8, 4) is 5.75 Å². The Morgan fingerprint density at radius 1 is 1.11 bits per heavy atom. The third-order valence-corrected chi connectivity index (χ3v) is 5.21. The van der Waals surface area contributed by atoms with Crippen LogP contribution in [0, 0.1) is 3.57 Å². The maximum absolute atomic E-state index is 12.6. The van der Waals surface area contributed by atoms with E-state index in [0.717, 1.165) is 20.9 Å². The molecule has 28 heavy (non-hydrogen) atoms. The number of hydrogen-bond acceptors (Lipinski definition) is 4. The van der Waals surface area contributed by atoms with Crippen molar-refractivity contribution < 1.29 is 14.3 Å². The molecule has 3 N–H and O–H groups in total. The minimum Gasteiger partial charge on any atom is -0.493 e. The number of ether oxygens (including phenoxy) is 1. The van der Waals surface area contributed by atoms with Gasteiger partial charge >= 0.3 is 0 Å². The molecular formula is C19H19BrIN3O3S. The molecule has 0 spiro atoms. The number of nitrogens with one attached hydrogen (secondary N) is 3. The Morgan fingerprint density at radius 3 is 2.57 bits per heavy atom. The van der Waals surface area contributed by atoms with Gasteiger partial charge in [0.25, 0.3) is 11.8 Å². The lowest BCUT2D eigenvalue weighted by atomic mass is 10.2. The first-order valence-electron chi connectivity index (χ1n) is 8.51. The molecule has 0 radical (unpaired) electrons. The van der Waals surface area contributed by atoms with Crippen molar-refractivity contribution >= 4 is 67.7 Å². The third kappa shape index (κ3) is 6.71. The van der Waals surface area contributed by atoms with Crippen LogP contribution in [0.4, 0.5) is 0 Å². The van der Waals surface area contributed by atoms with Crippen molar-refractivity contribution in [2.75, 3.05) is 6.61 Å². The fourth-order valence-corrected chi connectivity index (χ4v) is 3.30. The van der Waals surface area contributed by atoms with Crippen molar-refractivity contribution in [1.82, 2.24) is 16.2 Å². The van der Waals surface area contributed by atoms with Gasteiger partial charge in [-0.25, -0.2) is 0 Å². The second-order valence-corrected chi connectivity index (χ2v) is 8.17. The van der Waals surface area contributed by atoms with E-state index < -0.39 is 5.91 Å². The second-order valence-electron chi connectivity index (χ2n) is 5.68. The van der Waals surface area contributed by atoms with Crippen molar-refractivity contribution in [1.29, 1.82) is 0 Å². The molecule has 0 atom stereocenters. The van der Waals surface area contributed by atoms with Crippen LogP contribution in [-0.2, 0) is 0 Å². The van der Waals surface area contributed by atoms with Crippen LogP contribution in [0.1, 0.15) is 40.5 Å². The number of halogens is 2. The number of rotatable bonds is 6. The Kier molecular flexibility index (Phi) is 9.13. The number of benzene rings is 2. The number of thiocarbonyl (C=S) groups is 1.